The number of nitrogens with one attached hydrogen (secondary N) is 1. The molecule has 0 heterocycles. The molecule has 0 saturated carbocycles. The molecule has 0 fully saturated rings. The van der Waals surface area contributed by atoms with Gasteiger partial charge in [0, 0.05) is 11.1 Å². The second-order valence-electron chi connectivity index (χ2n) is 5.04. The van der Waals surface area contributed by atoms with E-state index < -0.39 is 0 Å². The minimum Gasteiger partial charge on any atom is -0.494 e. The Labute approximate surface area is 142 Å². The molecule has 0 aliphatic rings. The summed E-state index contributed by atoms with van der Waals surface area (Å²) >= 11 is 0. The van der Waals surface area contributed by atoms with Crippen LogP contribution in [-0.4, -0.2) is 25.3 Å². The lowest BCUT2D eigenvalue weighted by Crippen LogP contribution is -2.17. The fourth-order valence-corrected chi connectivity index (χ4v) is 2.02. The maximum absolute atomic E-state index is 12.1. The molecule has 2 rings (SSSR count). The van der Waals surface area contributed by atoms with Crippen molar-refractivity contribution >= 4 is 12.1 Å². The Morgan fingerprint density at radius 1 is 1.08 bits per heavy atom. The first kappa shape index (κ1) is 17.5. The van der Waals surface area contributed by atoms with Crippen LogP contribution in [0, 0.1) is 0 Å². The van der Waals surface area contributed by atoms with Crippen molar-refractivity contribution in [1.29, 1.82) is 0 Å². The second-order valence-corrected chi connectivity index (χ2v) is 5.04. The molecule has 126 valence electrons. The van der Waals surface area contributed by atoms with Gasteiger partial charge < -0.3 is 9.47 Å². The van der Waals surface area contributed by atoms with Gasteiger partial charge in [-0.3, -0.25) is 4.79 Å². The summed E-state index contributed by atoms with van der Waals surface area (Å²) in [6, 6.07) is 14.5. The van der Waals surface area contributed by atoms with Crippen molar-refractivity contribution in [2.75, 3.05) is 13.2 Å². The lowest BCUT2D eigenvalue weighted by Gasteiger charge is -2.06. The fourth-order valence-electron chi connectivity index (χ4n) is 2.02. The molecular formula is C19H22N2O3. The average Bonchev–Trinajstić information content (AvgIpc) is 2.62. The highest BCUT2D eigenvalue weighted by Crippen LogP contribution is 2.15. The summed E-state index contributed by atoms with van der Waals surface area (Å²) in [4.78, 5) is 12.1. The Kier molecular flexibility index (Phi) is 6.83. The summed E-state index contributed by atoms with van der Waals surface area (Å²) in [5, 5.41) is 4.00. The summed E-state index contributed by atoms with van der Waals surface area (Å²) in [6.45, 7) is 5.20. The van der Waals surface area contributed by atoms with Crippen LogP contribution in [0.15, 0.2) is 53.6 Å². The van der Waals surface area contributed by atoms with Gasteiger partial charge in [-0.15, -0.1) is 0 Å². The molecule has 5 heteroatoms. The zero-order valence-electron chi connectivity index (χ0n) is 14.0. The van der Waals surface area contributed by atoms with E-state index >= 15 is 0 Å². The van der Waals surface area contributed by atoms with Gasteiger partial charge in [-0.25, -0.2) is 5.43 Å². The number of para-hydroxylation sites is 1. The number of rotatable bonds is 8. The van der Waals surface area contributed by atoms with Crippen molar-refractivity contribution in [3.63, 3.8) is 0 Å². The lowest BCUT2D eigenvalue weighted by molar-refractivity contribution is 0.0955. The first-order valence-electron chi connectivity index (χ1n) is 8.02. The van der Waals surface area contributed by atoms with Crippen molar-refractivity contribution in [3.05, 3.63) is 59.7 Å². The number of nitrogens with zero attached hydrogens (tertiary/aromatic N) is 1. The first-order valence-corrected chi connectivity index (χ1v) is 8.02. The van der Waals surface area contributed by atoms with Crippen LogP contribution >= 0.6 is 0 Å². The van der Waals surface area contributed by atoms with E-state index in [0.717, 1.165) is 23.5 Å². The van der Waals surface area contributed by atoms with Gasteiger partial charge in [0.25, 0.3) is 5.91 Å². The maximum Gasteiger partial charge on any atom is 0.271 e. The summed E-state index contributed by atoms with van der Waals surface area (Å²) in [5.41, 5.74) is 3.84. The van der Waals surface area contributed by atoms with Gasteiger partial charge in [-0.1, -0.05) is 19.1 Å². The van der Waals surface area contributed by atoms with E-state index in [0.29, 0.717) is 18.8 Å². The van der Waals surface area contributed by atoms with E-state index in [1.54, 1.807) is 30.5 Å². The van der Waals surface area contributed by atoms with E-state index in [2.05, 4.69) is 10.5 Å². The lowest BCUT2D eigenvalue weighted by atomic mass is 10.2. The molecule has 0 bridgehead atoms. The van der Waals surface area contributed by atoms with Gasteiger partial charge in [0.2, 0.25) is 0 Å². The van der Waals surface area contributed by atoms with Crippen LogP contribution in [0.4, 0.5) is 0 Å². The Balaban J connectivity index is 1.95. The summed E-state index contributed by atoms with van der Waals surface area (Å²) in [7, 11) is 0. The van der Waals surface area contributed by atoms with Crippen LogP contribution in [0.5, 0.6) is 11.5 Å². The Hall–Kier alpha value is -2.82. The first-order chi connectivity index (χ1) is 11.7. The average molecular weight is 326 g/mol. The highest BCUT2D eigenvalue weighted by atomic mass is 16.5. The molecule has 24 heavy (non-hydrogen) atoms. The molecule has 0 unspecified atom stereocenters. The largest absolute Gasteiger partial charge is 0.494 e. The number of hydrogen-bond acceptors (Lipinski definition) is 4. The quantitative estimate of drug-likeness (QED) is 0.595. The third-order valence-corrected chi connectivity index (χ3v) is 3.18. The van der Waals surface area contributed by atoms with Crippen molar-refractivity contribution in [3.8, 4) is 11.5 Å². The Morgan fingerprint density at radius 3 is 2.54 bits per heavy atom. The van der Waals surface area contributed by atoms with Gasteiger partial charge in [0.05, 0.1) is 19.4 Å². The van der Waals surface area contributed by atoms with Gasteiger partial charge in [0.1, 0.15) is 11.5 Å². The SMILES string of the molecule is CCCOc1ccc(C(=O)N/N=C\c2ccccc2OCC)cc1. The molecule has 0 saturated heterocycles. The van der Waals surface area contributed by atoms with Gasteiger partial charge in [0.15, 0.2) is 0 Å². The summed E-state index contributed by atoms with van der Waals surface area (Å²) in [5.74, 6) is 1.21. The van der Waals surface area contributed by atoms with Crippen LogP contribution in [0.1, 0.15) is 36.2 Å². The standard InChI is InChI=1S/C19H22N2O3/c1-3-13-24-17-11-9-15(10-12-17)19(22)21-20-14-16-7-5-6-8-18(16)23-4-2/h5-12,14H,3-4,13H2,1-2H3,(H,21,22)/b20-14-. The second kappa shape index (κ2) is 9.35. The molecule has 2 aromatic rings. The molecule has 0 aromatic heterocycles. The van der Waals surface area contributed by atoms with Crippen LogP contribution in [-0.2, 0) is 0 Å². The molecule has 5 nitrogen and oxygen atoms in total. The van der Waals surface area contributed by atoms with Gasteiger partial charge in [-0.2, -0.15) is 5.10 Å². The van der Waals surface area contributed by atoms with Crippen molar-refractivity contribution in [2.45, 2.75) is 20.3 Å². The Bertz CT molecular complexity index is 681. The zero-order valence-corrected chi connectivity index (χ0v) is 14.0. The third kappa shape index (κ3) is 5.12. The Morgan fingerprint density at radius 2 is 1.83 bits per heavy atom. The van der Waals surface area contributed by atoms with Crippen molar-refractivity contribution in [1.82, 2.24) is 5.43 Å². The predicted octanol–water partition coefficient (Wildman–Crippen LogP) is 3.64. The number of hydrazone groups is 1. The van der Waals surface area contributed by atoms with E-state index in [4.69, 9.17) is 9.47 Å². The number of ether oxygens (including phenoxy) is 2. The van der Waals surface area contributed by atoms with Crippen LogP contribution in [0.2, 0.25) is 0 Å². The minimum atomic E-state index is -0.276. The van der Waals surface area contributed by atoms with Gasteiger partial charge in [-0.05, 0) is 49.7 Å². The highest BCUT2D eigenvalue weighted by molar-refractivity contribution is 5.95. The molecule has 0 radical (unpaired) electrons. The number of carbonyl (C=O) groups excluding carboxylic acids is 1. The highest BCUT2D eigenvalue weighted by Gasteiger charge is 2.05. The molecule has 0 spiro atoms. The molecule has 0 atom stereocenters. The van der Waals surface area contributed by atoms with E-state index in [-0.39, 0.29) is 5.91 Å². The van der Waals surface area contributed by atoms with E-state index in [1.165, 1.54) is 0 Å². The van der Waals surface area contributed by atoms with Crippen molar-refractivity contribution < 1.29 is 14.3 Å². The number of carbonyl (C=O) groups is 1. The normalized spacial score (nSPS) is 10.6. The van der Waals surface area contributed by atoms with E-state index in [1.807, 2.05) is 38.1 Å². The maximum atomic E-state index is 12.1. The monoisotopic (exact) mass is 326 g/mol. The minimum absolute atomic E-state index is 0.276. The predicted molar refractivity (Wildman–Crippen MR) is 94.9 cm³/mol. The van der Waals surface area contributed by atoms with Gasteiger partial charge >= 0.3 is 0 Å². The third-order valence-electron chi connectivity index (χ3n) is 3.18. The molecule has 0 aliphatic heterocycles. The molecular weight excluding hydrogens is 304 g/mol. The number of benzene rings is 2. The van der Waals surface area contributed by atoms with Crippen molar-refractivity contribution in [2.24, 2.45) is 5.10 Å². The van der Waals surface area contributed by atoms with Crippen LogP contribution in [0.3, 0.4) is 0 Å². The number of hydrogen-bond donors (Lipinski definition) is 1. The summed E-state index contributed by atoms with van der Waals surface area (Å²) < 4.78 is 11.0. The topological polar surface area (TPSA) is 59.9 Å². The molecule has 1 N–H and O–H groups in total. The smallest absolute Gasteiger partial charge is 0.271 e. The summed E-state index contributed by atoms with van der Waals surface area (Å²) in [6.07, 6.45) is 2.52. The molecule has 2 aromatic carbocycles. The molecule has 1 amide bonds. The molecule has 0 aliphatic carbocycles. The fraction of sp³-hybridized carbons (Fsp3) is 0.263. The van der Waals surface area contributed by atoms with Crippen LogP contribution in [0.25, 0.3) is 0 Å². The zero-order chi connectivity index (χ0) is 17.2. The van der Waals surface area contributed by atoms with E-state index in [9.17, 15) is 4.79 Å². The van der Waals surface area contributed by atoms with Crippen LogP contribution < -0.4 is 14.9 Å². The number of amides is 1.